The zero-order chi connectivity index (χ0) is 16.5. The van der Waals surface area contributed by atoms with Crippen LogP contribution in [0.1, 0.15) is 33.6 Å². The first-order valence-corrected chi connectivity index (χ1v) is 7.66. The summed E-state index contributed by atoms with van der Waals surface area (Å²) in [5.41, 5.74) is -0.661. The molecule has 2 heterocycles. The molecule has 1 amide bonds. The lowest BCUT2D eigenvalue weighted by Crippen LogP contribution is -2.50. The van der Waals surface area contributed by atoms with Gasteiger partial charge in [-0.05, 0) is 33.6 Å². The molecular formula is C16H26N2O4. The quantitative estimate of drug-likeness (QED) is 0.693. The van der Waals surface area contributed by atoms with Gasteiger partial charge in [0.25, 0.3) is 0 Å². The SMILES string of the molecule is CN(C)/C=C1/C(=O)C2(CCOC2)CCN1C(=O)OC(C)(C)C. The van der Waals surface area contributed by atoms with Gasteiger partial charge in [-0.2, -0.15) is 0 Å². The van der Waals surface area contributed by atoms with Gasteiger partial charge in [0, 0.05) is 33.4 Å². The van der Waals surface area contributed by atoms with Gasteiger partial charge in [-0.25, -0.2) is 4.79 Å². The maximum atomic E-state index is 12.9. The number of hydrogen-bond donors (Lipinski definition) is 0. The van der Waals surface area contributed by atoms with Crippen LogP contribution in [0.25, 0.3) is 0 Å². The van der Waals surface area contributed by atoms with E-state index >= 15 is 0 Å². The fraction of sp³-hybridized carbons (Fsp3) is 0.750. The van der Waals surface area contributed by atoms with E-state index in [0.29, 0.717) is 31.9 Å². The summed E-state index contributed by atoms with van der Waals surface area (Å²) in [5, 5.41) is 0. The van der Waals surface area contributed by atoms with Crippen molar-refractivity contribution in [2.45, 2.75) is 39.2 Å². The highest BCUT2D eigenvalue weighted by Gasteiger charge is 2.49. The van der Waals surface area contributed by atoms with Crippen LogP contribution >= 0.6 is 0 Å². The second-order valence-corrected chi connectivity index (χ2v) is 7.27. The zero-order valence-electron chi connectivity index (χ0n) is 14.1. The molecule has 0 bridgehead atoms. The highest BCUT2D eigenvalue weighted by atomic mass is 16.6. The molecule has 0 aromatic carbocycles. The van der Waals surface area contributed by atoms with E-state index in [0.717, 1.165) is 6.42 Å². The predicted octanol–water partition coefficient (Wildman–Crippen LogP) is 2.01. The second kappa shape index (κ2) is 5.91. The minimum Gasteiger partial charge on any atom is -0.443 e. The Morgan fingerprint density at radius 3 is 2.55 bits per heavy atom. The number of piperidine rings is 1. The molecular weight excluding hydrogens is 284 g/mol. The summed E-state index contributed by atoms with van der Waals surface area (Å²) in [5.74, 6) is -0.0178. The van der Waals surface area contributed by atoms with Crippen molar-refractivity contribution in [3.8, 4) is 0 Å². The normalized spacial score (nSPS) is 27.6. The monoisotopic (exact) mass is 310 g/mol. The Balaban J connectivity index is 2.27. The molecule has 0 aromatic heterocycles. The second-order valence-electron chi connectivity index (χ2n) is 7.27. The van der Waals surface area contributed by atoms with Crippen molar-refractivity contribution >= 4 is 11.9 Å². The maximum Gasteiger partial charge on any atom is 0.414 e. The Labute approximate surface area is 132 Å². The van der Waals surface area contributed by atoms with Crippen LogP contribution in [-0.4, -0.2) is 61.1 Å². The number of ketones is 1. The summed E-state index contributed by atoms with van der Waals surface area (Å²) in [6, 6.07) is 0. The summed E-state index contributed by atoms with van der Waals surface area (Å²) < 4.78 is 10.9. The number of nitrogens with zero attached hydrogens (tertiary/aromatic N) is 2. The van der Waals surface area contributed by atoms with Gasteiger partial charge in [0.2, 0.25) is 0 Å². The Kier molecular flexibility index (Phi) is 4.52. The van der Waals surface area contributed by atoms with Crippen LogP contribution in [-0.2, 0) is 14.3 Å². The van der Waals surface area contributed by atoms with Gasteiger partial charge in [0.15, 0.2) is 5.78 Å². The molecule has 1 unspecified atom stereocenters. The first kappa shape index (κ1) is 16.8. The largest absolute Gasteiger partial charge is 0.443 e. The van der Waals surface area contributed by atoms with E-state index in [1.165, 1.54) is 4.90 Å². The van der Waals surface area contributed by atoms with Crippen LogP contribution in [0.4, 0.5) is 4.79 Å². The lowest BCUT2D eigenvalue weighted by Gasteiger charge is -2.39. The summed E-state index contributed by atoms with van der Waals surface area (Å²) in [6.45, 7) is 6.98. The van der Waals surface area contributed by atoms with E-state index in [-0.39, 0.29) is 5.78 Å². The van der Waals surface area contributed by atoms with Gasteiger partial charge >= 0.3 is 6.09 Å². The van der Waals surface area contributed by atoms with Gasteiger partial charge in [0.05, 0.1) is 12.0 Å². The fourth-order valence-electron chi connectivity index (χ4n) is 2.82. The van der Waals surface area contributed by atoms with Crippen LogP contribution in [0.5, 0.6) is 0 Å². The summed E-state index contributed by atoms with van der Waals surface area (Å²) in [7, 11) is 3.67. The third-order valence-corrected chi connectivity index (χ3v) is 3.92. The van der Waals surface area contributed by atoms with Crippen molar-refractivity contribution in [3.63, 3.8) is 0 Å². The van der Waals surface area contributed by atoms with Gasteiger partial charge < -0.3 is 14.4 Å². The van der Waals surface area contributed by atoms with Gasteiger partial charge in [-0.3, -0.25) is 9.69 Å². The highest BCUT2D eigenvalue weighted by Crippen LogP contribution is 2.40. The number of allylic oxidation sites excluding steroid dienone is 1. The summed E-state index contributed by atoms with van der Waals surface area (Å²) in [4.78, 5) is 28.6. The molecule has 6 heteroatoms. The number of likely N-dealkylation sites (tertiary alicyclic amines) is 1. The molecule has 1 atom stereocenters. The molecule has 2 aliphatic heterocycles. The van der Waals surface area contributed by atoms with Crippen LogP contribution in [0.3, 0.4) is 0 Å². The van der Waals surface area contributed by atoms with Crippen molar-refractivity contribution in [1.29, 1.82) is 0 Å². The first-order chi connectivity index (χ1) is 10.1. The van der Waals surface area contributed by atoms with E-state index in [9.17, 15) is 9.59 Å². The third-order valence-electron chi connectivity index (χ3n) is 3.92. The Morgan fingerprint density at radius 1 is 1.36 bits per heavy atom. The predicted molar refractivity (Wildman–Crippen MR) is 82.2 cm³/mol. The highest BCUT2D eigenvalue weighted by molar-refractivity contribution is 6.03. The molecule has 124 valence electrons. The van der Waals surface area contributed by atoms with Gasteiger partial charge in [0.1, 0.15) is 11.3 Å². The van der Waals surface area contributed by atoms with E-state index in [2.05, 4.69) is 0 Å². The van der Waals surface area contributed by atoms with Crippen molar-refractivity contribution in [2.75, 3.05) is 33.9 Å². The lowest BCUT2D eigenvalue weighted by molar-refractivity contribution is -0.129. The Morgan fingerprint density at radius 2 is 2.05 bits per heavy atom. The summed E-state index contributed by atoms with van der Waals surface area (Å²) in [6.07, 6.45) is 2.57. The Bertz CT molecular complexity index is 485. The molecule has 2 saturated heterocycles. The number of amides is 1. The third kappa shape index (κ3) is 3.43. The zero-order valence-corrected chi connectivity index (χ0v) is 14.1. The van der Waals surface area contributed by atoms with E-state index in [4.69, 9.17) is 9.47 Å². The van der Waals surface area contributed by atoms with Crippen molar-refractivity contribution in [1.82, 2.24) is 9.80 Å². The number of Topliss-reactive ketones (excluding diaryl/α,β-unsaturated/α-hetero) is 1. The van der Waals surface area contributed by atoms with E-state index in [1.54, 1.807) is 11.1 Å². The van der Waals surface area contributed by atoms with Crippen LogP contribution in [0, 0.1) is 5.41 Å². The molecule has 6 nitrogen and oxygen atoms in total. The van der Waals surface area contributed by atoms with Crippen LogP contribution in [0.2, 0.25) is 0 Å². The van der Waals surface area contributed by atoms with Gasteiger partial charge in [-0.15, -0.1) is 0 Å². The molecule has 0 radical (unpaired) electrons. The molecule has 0 N–H and O–H groups in total. The lowest BCUT2D eigenvalue weighted by atomic mass is 9.75. The minimum absolute atomic E-state index is 0.0178. The standard InChI is InChI=1S/C16H26N2O4/c1-15(2,3)22-14(20)18-8-6-16(7-9-21-11-16)13(19)12(18)10-17(4)5/h10H,6-9,11H2,1-5H3/b12-10-. The topological polar surface area (TPSA) is 59.1 Å². The number of ether oxygens (including phenoxy) is 2. The average molecular weight is 310 g/mol. The van der Waals surface area contributed by atoms with Crippen LogP contribution < -0.4 is 0 Å². The van der Waals surface area contributed by atoms with E-state index < -0.39 is 17.1 Å². The molecule has 2 fully saturated rings. The fourth-order valence-corrected chi connectivity index (χ4v) is 2.82. The molecule has 0 aliphatic carbocycles. The Hall–Kier alpha value is -1.56. The molecule has 2 aliphatic rings. The maximum absolute atomic E-state index is 12.9. The van der Waals surface area contributed by atoms with Crippen molar-refractivity contribution in [3.05, 3.63) is 11.9 Å². The number of rotatable bonds is 1. The average Bonchev–Trinajstić information content (AvgIpc) is 2.82. The molecule has 0 saturated carbocycles. The number of hydrogen-bond acceptors (Lipinski definition) is 5. The first-order valence-electron chi connectivity index (χ1n) is 7.66. The molecule has 2 rings (SSSR count). The smallest absolute Gasteiger partial charge is 0.414 e. The molecule has 0 aromatic rings. The van der Waals surface area contributed by atoms with Crippen LogP contribution in [0.15, 0.2) is 11.9 Å². The van der Waals surface area contributed by atoms with Crippen molar-refractivity contribution < 1.29 is 19.1 Å². The number of carbonyl (C=O) groups is 2. The number of carbonyl (C=O) groups excluding carboxylic acids is 2. The minimum atomic E-state index is -0.588. The molecule has 1 spiro atoms. The summed E-state index contributed by atoms with van der Waals surface area (Å²) >= 11 is 0. The van der Waals surface area contributed by atoms with Gasteiger partial charge in [-0.1, -0.05) is 0 Å². The van der Waals surface area contributed by atoms with E-state index in [1.807, 2.05) is 34.9 Å². The molecule has 22 heavy (non-hydrogen) atoms. The van der Waals surface area contributed by atoms with Crippen molar-refractivity contribution in [2.24, 2.45) is 5.41 Å².